The van der Waals surface area contributed by atoms with Crippen molar-refractivity contribution in [3.8, 4) is 0 Å². The Kier molecular flexibility index (Phi) is 2.99. The van der Waals surface area contributed by atoms with Crippen molar-refractivity contribution >= 4 is 18.0 Å². The maximum atomic E-state index is 11.4. The number of aliphatic carboxylic acids is 1. The van der Waals surface area contributed by atoms with Gasteiger partial charge in [0.25, 0.3) is 0 Å². The smallest absolute Gasteiger partial charge is 0.311 e. The van der Waals surface area contributed by atoms with Gasteiger partial charge in [-0.25, -0.2) is 0 Å². The van der Waals surface area contributed by atoms with Gasteiger partial charge in [0.15, 0.2) is 0 Å². The largest absolute Gasteiger partial charge is 0.481 e. The van der Waals surface area contributed by atoms with Crippen molar-refractivity contribution in [1.82, 2.24) is 5.32 Å². The molecule has 0 atom stereocenters. The first-order valence-electron chi connectivity index (χ1n) is 5.35. The van der Waals surface area contributed by atoms with E-state index < -0.39 is 11.4 Å². The van der Waals surface area contributed by atoms with Crippen LogP contribution in [0.15, 0.2) is 28.9 Å². The molecule has 1 heterocycles. The summed E-state index contributed by atoms with van der Waals surface area (Å²) in [6.07, 6.45) is 5.64. The standard InChI is InChI=1S/C12H13NO4/c14-10(4-3-9-2-1-7-17-9)13-8-12(5-6-12)11(15)16/h1-4,7H,5-6,8H2,(H,13,14)(H,15,16)/b4-3+. The highest BCUT2D eigenvalue weighted by Gasteiger charge is 2.50. The van der Waals surface area contributed by atoms with Gasteiger partial charge in [-0.15, -0.1) is 0 Å². The molecule has 17 heavy (non-hydrogen) atoms. The van der Waals surface area contributed by atoms with Crippen LogP contribution in [0.1, 0.15) is 18.6 Å². The lowest BCUT2D eigenvalue weighted by Crippen LogP contribution is -2.33. The maximum absolute atomic E-state index is 11.4. The van der Waals surface area contributed by atoms with Crippen molar-refractivity contribution < 1.29 is 19.1 Å². The molecule has 1 fully saturated rings. The summed E-state index contributed by atoms with van der Waals surface area (Å²) in [6.45, 7) is 0.184. The van der Waals surface area contributed by atoms with Crippen molar-refractivity contribution in [3.05, 3.63) is 30.2 Å². The van der Waals surface area contributed by atoms with Gasteiger partial charge in [0.1, 0.15) is 5.76 Å². The van der Waals surface area contributed by atoms with Crippen LogP contribution in [0.25, 0.3) is 6.08 Å². The number of furan rings is 1. The molecule has 1 saturated carbocycles. The average Bonchev–Trinajstić information content (AvgIpc) is 2.93. The number of rotatable bonds is 5. The van der Waals surface area contributed by atoms with Gasteiger partial charge in [-0.2, -0.15) is 0 Å². The minimum Gasteiger partial charge on any atom is -0.481 e. The van der Waals surface area contributed by atoms with Crippen LogP contribution in [0.3, 0.4) is 0 Å². The fourth-order valence-electron chi connectivity index (χ4n) is 1.48. The highest BCUT2D eigenvalue weighted by atomic mass is 16.4. The van der Waals surface area contributed by atoms with E-state index in [4.69, 9.17) is 9.52 Å². The number of carboxylic acid groups (broad SMARTS) is 1. The molecule has 5 heteroatoms. The first kappa shape index (κ1) is 11.4. The number of carbonyl (C=O) groups is 2. The minimum atomic E-state index is -0.840. The van der Waals surface area contributed by atoms with Crippen LogP contribution in [0.4, 0.5) is 0 Å². The van der Waals surface area contributed by atoms with E-state index in [9.17, 15) is 9.59 Å². The summed E-state index contributed by atoms with van der Waals surface area (Å²) >= 11 is 0. The zero-order chi connectivity index (χ0) is 12.3. The Balaban J connectivity index is 1.80. The second-order valence-electron chi connectivity index (χ2n) is 4.15. The van der Waals surface area contributed by atoms with E-state index in [2.05, 4.69) is 5.32 Å². The average molecular weight is 235 g/mol. The molecular formula is C12H13NO4. The predicted octanol–water partition coefficient (Wildman–Crippen LogP) is 1.27. The fraction of sp³-hybridized carbons (Fsp3) is 0.333. The monoisotopic (exact) mass is 235 g/mol. The third-order valence-corrected chi connectivity index (χ3v) is 2.85. The first-order chi connectivity index (χ1) is 8.12. The molecule has 2 rings (SSSR count). The Labute approximate surface area is 98.1 Å². The van der Waals surface area contributed by atoms with Crippen molar-refractivity contribution in [3.63, 3.8) is 0 Å². The number of amides is 1. The van der Waals surface area contributed by atoms with Gasteiger partial charge >= 0.3 is 5.97 Å². The molecular weight excluding hydrogens is 222 g/mol. The van der Waals surface area contributed by atoms with Gasteiger partial charge in [-0.3, -0.25) is 9.59 Å². The Hall–Kier alpha value is -2.04. The van der Waals surface area contributed by atoms with E-state index >= 15 is 0 Å². The summed E-state index contributed by atoms with van der Waals surface area (Å²) in [6, 6.07) is 3.45. The van der Waals surface area contributed by atoms with Crippen LogP contribution >= 0.6 is 0 Å². The van der Waals surface area contributed by atoms with Crippen molar-refractivity contribution in [2.75, 3.05) is 6.54 Å². The number of hydrogen-bond acceptors (Lipinski definition) is 3. The molecule has 0 aliphatic heterocycles. The zero-order valence-corrected chi connectivity index (χ0v) is 9.18. The molecule has 0 bridgehead atoms. The van der Waals surface area contributed by atoms with Crippen LogP contribution in [0.5, 0.6) is 0 Å². The third-order valence-electron chi connectivity index (χ3n) is 2.85. The number of carboxylic acids is 1. The second kappa shape index (κ2) is 4.45. The van der Waals surface area contributed by atoms with Crippen LogP contribution < -0.4 is 5.32 Å². The molecule has 0 aromatic carbocycles. The Morgan fingerprint density at radius 2 is 2.29 bits per heavy atom. The number of nitrogens with one attached hydrogen (secondary N) is 1. The summed E-state index contributed by atoms with van der Waals surface area (Å²) in [5.41, 5.74) is -0.728. The molecule has 1 aliphatic carbocycles. The Morgan fingerprint density at radius 1 is 1.53 bits per heavy atom. The molecule has 1 aromatic rings. The molecule has 0 saturated heterocycles. The second-order valence-corrected chi connectivity index (χ2v) is 4.15. The van der Waals surface area contributed by atoms with Gasteiger partial charge < -0.3 is 14.8 Å². The van der Waals surface area contributed by atoms with Crippen molar-refractivity contribution in [2.45, 2.75) is 12.8 Å². The van der Waals surface area contributed by atoms with Crippen molar-refractivity contribution in [2.24, 2.45) is 5.41 Å². The van der Waals surface area contributed by atoms with Gasteiger partial charge in [-0.05, 0) is 31.1 Å². The van der Waals surface area contributed by atoms with Gasteiger partial charge in [-0.1, -0.05) is 0 Å². The molecule has 1 aliphatic rings. The normalized spacial score (nSPS) is 16.9. The van der Waals surface area contributed by atoms with Gasteiger partial charge in [0.05, 0.1) is 11.7 Å². The van der Waals surface area contributed by atoms with Crippen LogP contribution in [-0.4, -0.2) is 23.5 Å². The summed E-state index contributed by atoms with van der Waals surface area (Å²) in [7, 11) is 0. The third kappa shape index (κ3) is 2.75. The van der Waals surface area contributed by atoms with E-state index in [0.29, 0.717) is 18.6 Å². The predicted molar refractivity (Wildman–Crippen MR) is 60.1 cm³/mol. The molecule has 1 amide bonds. The van der Waals surface area contributed by atoms with Crippen LogP contribution in [0, 0.1) is 5.41 Å². The minimum absolute atomic E-state index is 0.184. The molecule has 90 valence electrons. The van der Waals surface area contributed by atoms with E-state index in [-0.39, 0.29) is 12.5 Å². The molecule has 1 aromatic heterocycles. The molecule has 0 radical (unpaired) electrons. The van der Waals surface area contributed by atoms with Crippen LogP contribution in [-0.2, 0) is 9.59 Å². The lowest BCUT2D eigenvalue weighted by Gasteiger charge is -2.09. The lowest BCUT2D eigenvalue weighted by molar-refractivity contribution is -0.143. The molecule has 5 nitrogen and oxygen atoms in total. The first-order valence-corrected chi connectivity index (χ1v) is 5.35. The molecule has 0 spiro atoms. The molecule has 0 unspecified atom stereocenters. The Bertz CT molecular complexity index is 443. The lowest BCUT2D eigenvalue weighted by atomic mass is 10.1. The highest BCUT2D eigenvalue weighted by Crippen LogP contribution is 2.45. The highest BCUT2D eigenvalue weighted by molar-refractivity contribution is 5.92. The topological polar surface area (TPSA) is 79.5 Å². The summed E-state index contributed by atoms with van der Waals surface area (Å²) in [5.74, 6) is -0.568. The zero-order valence-electron chi connectivity index (χ0n) is 9.18. The number of carbonyl (C=O) groups excluding carboxylic acids is 1. The summed E-state index contributed by atoms with van der Waals surface area (Å²) in [4.78, 5) is 22.3. The van der Waals surface area contributed by atoms with E-state index in [1.165, 1.54) is 18.4 Å². The Morgan fingerprint density at radius 3 is 2.82 bits per heavy atom. The van der Waals surface area contributed by atoms with E-state index in [1.54, 1.807) is 12.1 Å². The van der Waals surface area contributed by atoms with Gasteiger partial charge in [0, 0.05) is 12.6 Å². The number of hydrogen-bond donors (Lipinski definition) is 2. The van der Waals surface area contributed by atoms with E-state index in [0.717, 1.165) is 0 Å². The van der Waals surface area contributed by atoms with Gasteiger partial charge in [0.2, 0.25) is 5.91 Å². The SMILES string of the molecule is O=C(/C=C/c1ccco1)NCC1(C(=O)O)CC1. The summed E-state index contributed by atoms with van der Waals surface area (Å²) < 4.78 is 5.02. The van der Waals surface area contributed by atoms with Crippen molar-refractivity contribution in [1.29, 1.82) is 0 Å². The summed E-state index contributed by atoms with van der Waals surface area (Å²) in [5, 5.41) is 11.5. The molecule has 2 N–H and O–H groups in total. The van der Waals surface area contributed by atoms with Crippen LogP contribution in [0.2, 0.25) is 0 Å². The van der Waals surface area contributed by atoms with E-state index in [1.807, 2.05) is 0 Å². The fourth-order valence-corrected chi connectivity index (χ4v) is 1.48. The quantitative estimate of drug-likeness (QED) is 0.753. The maximum Gasteiger partial charge on any atom is 0.311 e.